The summed E-state index contributed by atoms with van der Waals surface area (Å²) < 4.78 is 17.1. The molecule has 0 aromatic rings. The van der Waals surface area contributed by atoms with Crippen molar-refractivity contribution in [2.45, 2.75) is 174 Å². The summed E-state index contributed by atoms with van der Waals surface area (Å²) in [7, 11) is 5.39. The van der Waals surface area contributed by atoms with Gasteiger partial charge in [-0.15, -0.1) is 0 Å². The number of carboxylic acid groups (broad SMARTS) is 1. The zero-order valence-electron chi connectivity index (χ0n) is 32.8. The second-order valence-electron chi connectivity index (χ2n) is 14.5. The molecule has 0 bridgehead atoms. The first kappa shape index (κ1) is 47.5. The molecular formula is C42H75NO7. The Labute approximate surface area is 306 Å². The number of allylic oxidation sites excluding steroid dienone is 6. The predicted molar refractivity (Wildman–Crippen MR) is 203 cm³/mol. The van der Waals surface area contributed by atoms with Gasteiger partial charge in [-0.05, 0) is 57.8 Å². The highest BCUT2D eigenvalue weighted by Crippen LogP contribution is 2.13. The van der Waals surface area contributed by atoms with E-state index >= 15 is 0 Å². The molecule has 2 atom stereocenters. The van der Waals surface area contributed by atoms with Gasteiger partial charge in [0.15, 0.2) is 6.10 Å². The minimum atomic E-state index is -1.13. The maximum atomic E-state index is 12.7. The minimum absolute atomic E-state index is 0.0310. The van der Waals surface area contributed by atoms with Gasteiger partial charge in [0, 0.05) is 19.3 Å². The number of hydrogen-bond acceptors (Lipinski definition) is 7. The Morgan fingerprint density at radius 2 is 1.08 bits per heavy atom. The monoisotopic (exact) mass is 706 g/mol. The number of carboxylic acids is 1. The van der Waals surface area contributed by atoms with Crippen LogP contribution in [0, 0.1) is 0 Å². The minimum Gasteiger partial charge on any atom is -0.544 e. The van der Waals surface area contributed by atoms with Crippen LogP contribution in [-0.4, -0.2) is 75.5 Å². The van der Waals surface area contributed by atoms with Crippen LogP contribution in [0.2, 0.25) is 0 Å². The van der Waals surface area contributed by atoms with Gasteiger partial charge in [0.25, 0.3) is 0 Å². The van der Waals surface area contributed by atoms with Crippen LogP contribution in [0.25, 0.3) is 0 Å². The highest BCUT2D eigenvalue weighted by molar-refractivity contribution is 5.70. The molecule has 0 aliphatic heterocycles. The molecule has 0 fully saturated rings. The number of nitrogens with zero attached hydrogens (tertiary/aromatic N) is 1. The summed E-state index contributed by atoms with van der Waals surface area (Å²) in [5.74, 6) is -1.78. The van der Waals surface area contributed by atoms with Gasteiger partial charge in [-0.25, -0.2) is 0 Å². The molecule has 0 aliphatic carbocycles. The third-order valence-corrected chi connectivity index (χ3v) is 8.78. The number of ether oxygens (including phenoxy) is 3. The SMILES string of the molecule is CCCC/C=C/C=C/CCCCCC(=O)OCC(COCCC(C(=O)[O-])[N+](C)(C)C)OC(=O)CCCCCCCCC/C=C/CCCCCC. The van der Waals surface area contributed by atoms with Gasteiger partial charge in [0.05, 0.1) is 40.3 Å². The average molecular weight is 706 g/mol. The first-order valence-electron chi connectivity index (χ1n) is 20.0. The number of hydrogen-bond donors (Lipinski definition) is 0. The first-order chi connectivity index (χ1) is 24.1. The maximum absolute atomic E-state index is 12.7. The Balaban J connectivity index is 4.43. The molecule has 290 valence electrons. The molecule has 0 rings (SSSR count). The molecular weight excluding hydrogens is 630 g/mol. The molecule has 0 heterocycles. The van der Waals surface area contributed by atoms with Crippen molar-refractivity contribution >= 4 is 17.9 Å². The first-order valence-corrected chi connectivity index (χ1v) is 20.0. The number of quaternary nitrogens is 1. The van der Waals surface area contributed by atoms with Crippen molar-refractivity contribution in [2.75, 3.05) is 41.0 Å². The molecule has 0 radical (unpaired) electrons. The summed E-state index contributed by atoms with van der Waals surface area (Å²) in [6.07, 6.45) is 35.9. The van der Waals surface area contributed by atoms with E-state index in [1.54, 1.807) is 21.1 Å². The van der Waals surface area contributed by atoms with Gasteiger partial charge < -0.3 is 28.6 Å². The van der Waals surface area contributed by atoms with Gasteiger partial charge in [-0.2, -0.15) is 0 Å². The maximum Gasteiger partial charge on any atom is 0.306 e. The zero-order valence-corrected chi connectivity index (χ0v) is 32.8. The summed E-state index contributed by atoms with van der Waals surface area (Å²) in [6, 6.07) is -0.728. The fourth-order valence-electron chi connectivity index (χ4n) is 5.57. The number of unbranched alkanes of at least 4 members (excludes halogenated alkanes) is 16. The van der Waals surface area contributed by atoms with Crippen LogP contribution in [0.4, 0.5) is 0 Å². The van der Waals surface area contributed by atoms with Gasteiger partial charge in [-0.1, -0.05) is 121 Å². The third-order valence-electron chi connectivity index (χ3n) is 8.78. The van der Waals surface area contributed by atoms with Crippen molar-refractivity contribution in [2.24, 2.45) is 0 Å². The van der Waals surface area contributed by atoms with Crippen molar-refractivity contribution in [3.05, 3.63) is 36.5 Å². The molecule has 2 unspecified atom stereocenters. The number of esters is 2. The fraction of sp³-hybridized carbons (Fsp3) is 0.786. The molecule has 0 aromatic carbocycles. The normalized spacial score (nSPS) is 13.4. The second-order valence-corrected chi connectivity index (χ2v) is 14.5. The topological polar surface area (TPSA) is 102 Å². The van der Waals surface area contributed by atoms with E-state index in [0.717, 1.165) is 51.4 Å². The molecule has 0 aromatic heterocycles. The predicted octanol–water partition coefficient (Wildman–Crippen LogP) is 8.96. The molecule has 8 nitrogen and oxygen atoms in total. The van der Waals surface area contributed by atoms with Gasteiger partial charge in [0.2, 0.25) is 0 Å². The van der Waals surface area contributed by atoms with Crippen LogP contribution in [0.5, 0.6) is 0 Å². The standard InChI is InChI=1S/C42H75NO7/c1-6-8-10-12-14-16-18-19-20-21-23-25-27-29-31-33-41(45)50-38(36-48-35-34-39(42(46)47)43(3,4)5)37-49-40(44)32-30-28-26-24-22-17-15-13-11-9-7-2/h13,15-18,22,38-39H,6-12,14,19-21,23-37H2,1-5H3/b15-13+,18-16+,22-17+. The summed E-state index contributed by atoms with van der Waals surface area (Å²) in [5, 5.41) is 11.6. The summed E-state index contributed by atoms with van der Waals surface area (Å²) in [6.45, 7) is 4.55. The lowest BCUT2D eigenvalue weighted by Gasteiger charge is -2.34. The number of rotatable bonds is 35. The Morgan fingerprint density at radius 3 is 1.64 bits per heavy atom. The van der Waals surface area contributed by atoms with Crippen LogP contribution in [0.1, 0.15) is 162 Å². The van der Waals surface area contributed by atoms with E-state index in [1.807, 2.05) is 0 Å². The van der Waals surface area contributed by atoms with Gasteiger partial charge in [0.1, 0.15) is 12.6 Å². The van der Waals surface area contributed by atoms with Crippen LogP contribution in [0.3, 0.4) is 0 Å². The number of carbonyl (C=O) groups is 3. The van der Waals surface area contributed by atoms with E-state index in [9.17, 15) is 19.5 Å². The largest absolute Gasteiger partial charge is 0.544 e. The molecule has 0 N–H and O–H groups in total. The van der Waals surface area contributed by atoms with Crippen molar-refractivity contribution in [1.82, 2.24) is 0 Å². The Hall–Kier alpha value is -2.45. The Kier molecular flexibility index (Phi) is 32.0. The number of aliphatic carboxylic acids is 1. The third kappa shape index (κ3) is 31.5. The zero-order chi connectivity index (χ0) is 37.1. The van der Waals surface area contributed by atoms with E-state index < -0.39 is 18.1 Å². The smallest absolute Gasteiger partial charge is 0.306 e. The quantitative estimate of drug-likeness (QED) is 0.0213. The van der Waals surface area contributed by atoms with E-state index in [4.69, 9.17) is 14.2 Å². The fourth-order valence-corrected chi connectivity index (χ4v) is 5.57. The summed E-state index contributed by atoms with van der Waals surface area (Å²) in [5.41, 5.74) is 0. The Morgan fingerprint density at radius 1 is 0.600 bits per heavy atom. The van der Waals surface area contributed by atoms with E-state index in [2.05, 4.69) is 50.3 Å². The molecule has 8 heteroatoms. The van der Waals surface area contributed by atoms with Crippen molar-refractivity contribution in [3.63, 3.8) is 0 Å². The van der Waals surface area contributed by atoms with E-state index in [-0.39, 0.29) is 42.7 Å². The van der Waals surface area contributed by atoms with Crippen LogP contribution in [0.15, 0.2) is 36.5 Å². The van der Waals surface area contributed by atoms with Gasteiger partial charge >= 0.3 is 11.9 Å². The molecule has 0 saturated carbocycles. The van der Waals surface area contributed by atoms with E-state index in [1.165, 1.54) is 77.0 Å². The molecule has 0 amide bonds. The van der Waals surface area contributed by atoms with Crippen molar-refractivity contribution in [3.8, 4) is 0 Å². The molecule has 0 spiro atoms. The lowest BCUT2D eigenvalue weighted by molar-refractivity contribution is -0.889. The summed E-state index contributed by atoms with van der Waals surface area (Å²) >= 11 is 0. The van der Waals surface area contributed by atoms with Crippen molar-refractivity contribution in [1.29, 1.82) is 0 Å². The Bertz CT molecular complexity index is 922. The highest BCUT2D eigenvalue weighted by Gasteiger charge is 2.25. The lowest BCUT2D eigenvalue weighted by Crippen LogP contribution is -2.55. The van der Waals surface area contributed by atoms with Crippen LogP contribution < -0.4 is 5.11 Å². The second kappa shape index (κ2) is 33.7. The molecule has 0 aliphatic rings. The summed E-state index contributed by atoms with van der Waals surface area (Å²) in [4.78, 5) is 36.7. The van der Waals surface area contributed by atoms with Gasteiger partial charge in [-0.3, -0.25) is 9.59 Å². The van der Waals surface area contributed by atoms with Crippen molar-refractivity contribution < 1.29 is 38.2 Å². The number of likely N-dealkylation sites (N-methyl/N-ethyl adjacent to an activating group) is 1. The average Bonchev–Trinajstić information content (AvgIpc) is 3.06. The molecule has 50 heavy (non-hydrogen) atoms. The van der Waals surface area contributed by atoms with E-state index in [0.29, 0.717) is 12.8 Å². The lowest BCUT2D eigenvalue weighted by atomic mass is 10.1. The van der Waals surface area contributed by atoms with Crippen LogP contribution in [-0.2, 0) is 28.6 Å². The number of carbonyl (C=O) groups excluding carboxylic acids is 3. The highest BCUT2D eigenvalue weighted by atomic mass is 16.6. The molecule has 0 saturated heterocycles. The van der Waals surface area contributed by atoms with Crippen LogP contribution >= 0.6 is 0 Å².